The molecular weight excluding hydrogens is 202 g/mol. The van der Waals surface area contributed by atoms with E-state index in [1.807, 2.05) is 13.8 Å². The van der Waals surface area contributed by atoms with E-state index < -0.39 is 11.0 Å². The van der Waals surface area contributed by atoms with Gasteiger partial charge in [-0.1, -0.05) is 13.8 Å². The molecule has 1 atom stereocenters. The van der Waals surface area contributed by atoms with Crippen LogP contribution in [0.2, 0.25) is 0 Å². The number of nitrogens with one attached hydrogen (secondary N) is 2. The smallest absolute Gasteiger partial charge is 0.306 e. The molecule has 78 valence electrons. The molecule has 0 aliphatic carbocycles. The van der Waals surface area contributed by atoms with Crippen LogP contribution in [0, 0.1) is 5.92 Å². The highest BCUT2D eigenvalue weighted by Gasteiger charge is 2.51. The standard InChI is InChI=1S/C8H13N3O2S/c1-5(2)8-10-6(12)9-7(13)11(8)3-4-14-8/h5H,3-4H2,1-2H3,(H2,9,10,12,13)/t8-/m1/s1. The Kier molecular flexibility index (Phi) is 2.10. The third-order valence-corrected chi connectivity index (χ3v) is 4.20. The molecule has 6 heteroatoms. The van der Waals surface area contributed by atoms with Crippen LogP contribution >= 0.6 is 11.8 Å². The van der Waals surface area contributed by atoms with Gasteiger partial charge in [0.15, 0.2) is 4.99 Å². The van der Waals surface area contributed by atoms with Crippen molar-refractivity contribution in [2.24, 2.45) is 5.92 Å². The molecule has 0 saturated carbocycles. The third-order valence-electron chi connectivity index (χ3n) is 2.58. The molecule has 2 aliphatic heterocycles. The number of nitrogens with zero attached hydrogens (tertiary/aromatic N) is 1. The predicted molar refractivity (Wildman–Crippen MR) is 53.8 cm³/mol. The number of urea groups is 2. The van der Waals surface area contributed by atoms with Gasteiger partial charge < -0.3 is 5.32 Å². The number of carbonyl (C=O) groups excluding carboxylic acids is 2. The van der Waals surface area contributed by atoms with Crippen LogP contribution < -0.4 is 10.6 Å². The number of hydrogen-bond acceptors (Lipinski definition) is 3. The molecule has 2 rings (SSSR count). The summed E-state index contributed by atoms with van der Waals surface area (Å²) in [7, 11) is 0. The number of thioether (sulfide) groups is 1. The Hall–Kier alpha value is -0.910. The van der Waals surface area contributed by atoms with Gasteiger partial charge in [-0.2, -0.15) is 0 Å². The van der Waals surface area contributed by atoms with Crippen LogP contribution in [-0.4, -0.2) is 34.3 Å². The average Bonchev–Trinajstić information content (AvgIpc) is 2.48. The van der Waals surface area contributed by atoms with Crippen LogP contribution in [0.1, 0.15) is 13.8 Å². The van der Waals surface area contributed by atoms with Gasteiger partial charge in [0.2, 0.25) is 0 Å². The van der Waals surface area contributed by atoms with Gasteiger partial charge in [-0.05, 0) is 0 Å². The first-order valence-corrected chi connectivity index (χ1v) is 5.59. The van der Waals surface area contributed by atoms with E-state index in [1.165, 1.54) is 0 Å². The molecular formula is C8H13N3O2S. The maximum absolute atomic E-state index is 11.5. The summed E-state index contributed by atoms with van der Waals surface area (Å²) >= 11 is 1.62. The van der Waals surface area contributed by atoms with Gasteiger partial charge in [-0.25, -0.2) is 9.59 Å². The van der Waals surface area contributed by atoms with E-state index in [2.05, 4.69) is 10.6 Å². The fourth-order valence-corrected chi connectivity index (χ4v) is 3.29. The lowest BCUT2D eigenvalue weighted by atomic mass is 10.1. The Labute approximate surface area is 86.6 Å². The molecule has 2 saturated heterocycles. The summed E-state index contributed by atoms with van der Waals surface area (Å²) in [4.78, 5) is 23.9. The van der Waals surface area contributed by atoms with E-state index in [0.29, 0.717) is 6.54 Å². The maximum atomic E-state index is 11.5. The van der Waals surface area contributed by atoms with Crippen LogP contribution in [-0.2, 0) is 0 Å². The van der Waals surface area contributed by atoms with Crippen molar-refractivity contribution in [3.05, 3.63) is 0 Å². The van der Waals surface area contributed by atoms with Crippen molar-refractivity contribution in [1.29, 1.82) is 0 Å². The van der Waals surface area contributed by atoms with Gasteiger partial charge in [0, 0.05) is 18.2 Å². The lowest BCUT2D eigenvalue weighted by Gasteiger charge is -2.44. The van der Waals surface area contributed by atoms with Gasteiger partial charge >= 0.3 is 12.1 Å². The molecule has 2 fully saturated rings. The number of imide groups is 1. The zero-order chi connectivity index (χ0) is 10.3. The number of fused-ring (bicyclic) bond motifs is 1. The fraction of sp³-hybridized carbons (Fsp3) is 0.750. The van der Waals surface area contributed by atoms with Gasteiger partial charge in [-0.3, -0.25) is 10.2 Å². The molecule has 0 bridgehead atoms. The second-order valence-electron chi connectivity index (χ2n) is 3.74. The molecule has 14 heavy (non-hydrogen) atoms. The van der Waals surface area contributed by atoms with Crippen molar-refractivity contribution in [1.82, 2.24) is 15.5 Å². The first-order chi connectivity index (χ1) is 6.56. The van der Waals surface area contributed by atoms with E-state index in [9.17, 15) is 9.59 Å². The van der Waals surface area contributed by atoms with Crippen LogP contribution in [0.4, 0.5) is 9.59 Å². The Balaban J connectivity index is 2.34. The molecule has 2 N–H and O–H groups in total. The lowest BCUT2D eigenvalue weighted by molar-refractivity contribution is 0.116. The number of carbonyl (C=O) groups is 2. The number of hydrogen-bond donors (Lipinski definition) is 2. The van der Waals surface area contributed by atoms with E-state index in [4.69, 9.17) is 0 Å². The summed E-state index contributed by atoms with van der Waals surface area (Å²) in [6, 6.07) is -0.679. The minimum absolute atomic E-state index is 0.199. The third kappa shape index (κ3) is 1.17. The largest absolute Gasteiger partial charge is 0.328 e. The van der Waals surface area contributed by atoms with Gasteiger partial charge in [0.05, 0.1) is 0 Å². The van der Waals surface area contributed by atoms with E-state index >= 15 is 0 Å². The highest BCUT2D eigenvalue weighted by Crippen LogP contribution is 2.40. The molecule has 4 amide bonds. The molecule has 0 aromatic carbocycles. The van der Waals surface area contributed by atoms with Gasteiger partial charge in [-0.15, -0.1) is 11.8 Å². The SMILES string of the molecule is CC(C)[C@@]12NC(=O)NC(=O)N1CCS2. The molecule has 0 radical (unpaired) electrons. The summed E-state index contributed by atoms with van der Waals surface area (Å²) in [6.07, 6.45) is 0. The maximum Gasteiger partial charge on any atom is 0.328 e. The average molecular weight is 215 g/mol. The Morgan fingerprint density at radius 3 is 2.86 bits per heavy atom. The minimum Gasteiger partial charge on any atom is -0.306 e. The number of amides is 4. The Morgan fingerprint density at radius 1 is 1.50 bits per heavy atom. The van der Waals surface area contributed by atoms with Crippen LogP contribution in [0.15, 0.2) is 0 Å². The molecule has 0 aromatic rings. The highest BCUT2D eigenvalue weighted by molar-refractivity contribution is 8.00. The van der Waals surface area contributed by atoms with Crippen LogP contribution in [0.3, 0.4) is 0 Å². The summed E-state index contributed by atoms with van der Waals surface area (Å²) in [5.41, 5.74) is 0. The van der Waals surface area contributed by atoms with E-state index in [0.717, 1.165) is 5.75 Å². The monoisotopic (exact) mass is 215 g/mol. The van der Waals surface area contributed by atoms with Crippen LogP contribution in [0.25, 0.3) is 0 Å². The van der Waals surface area contributed by atoms with Crippen LogP contribution in [0.5, 0.6) is 0 Å². The topological polar surface area (TPSA) is 61.4 Å². The molecule has 2 aliphatic rings. The van der Waals surface area contributed by atoms with Crippen molar-refractivity contribution < 1.29 is 9.59 Å². The predicted octanol–water partition coefficient (Wildman–Crippen LogP) is 0.778. The van der Waals surface area contributed by atoms with E-state index in [-0.39, 0.29) is 11.9 Å². The molecule has 5 nitrogen and oxygen atoms in total. The van der Waals surface area contributed by atoms with Crippen molar-refractivity contribution in [3.8, 4) is 0 Å². The summed E-state index contributed by atoms with van der Waals surface area (Å²) < 4.78 is 0. The molecule has 0 aromatic heterocycles. The van der Waals surface area contributed by atoms with Crippen molar-refractivity contribution in [3.63, 3.8) is 0 Å². The fourth-order valence-electron chi connectivity index (χ4n) is 1.87. The van der Waals surface area contributed by atoms with Crippen molar-refractivity contribution >= 4 is 23.8 Å². The Bertz CT molecular complexity index is 294. The first-order valence-electron chi connectivity index (χ1n) is 4.61. The first kappa shape index (κ1) is 9.64. The van der Waals surface area contributed by atoms with Crippen molar-refractivity contribution in [2.75, 3.05) is 12.3 Å². The summed E-state index contributed by atoms with van der Waals surface area (Å²) in [5, 5.41) is 5.09. The lowest BCUT2D eigenvalue weighted by Crippen LogP contribution is -2.69. The zero-order valence-electron chi connectivity index (χ0n) is 8.16. The summed E-state index contributed by atoms with van der Waals surface area (Å²) in [6.45, 7) is 4.70. The highest BCUT2D eigenvalue weighted by atomic mass is 32.2. The van der Waals surface area contributed by atoms with Gasteiger partial charge in [0.1, 0.15) is 0 Å². The number of rotatable bonds is 1. The molecule has 0 spiro atoms. The quantitative estimate of drug-likeness (QED) is 0.679. The van der Waals surface area contributed by atoms with Gasteiger partial charge in [0.25, 0.3) is 0 Å². The zero-order valence-corrected chi connectivity index (χ0v) is 8.98. The second kappa shape index (κ2) is 3.05. The Morgan fingerprint density at radius 2 is 2.21 bits per heavy atom. The second-order valence-corrected chi connectivity index (χ2v) is 5.05. The summed E-state index contributed by atoms with van der Waals surface area (Å²) in [5.74, 6) is 1.07. The minimum atomic E-state index is -0.528. The van der Waals surface area contributed by atoms with Crippen molar-refractivity contribution in [2.45, 2.75) is 18.8 Å². The normalized spacial score (nSPS) is 31.5. The molecule has 0 unspecified atom stereocenters. The van der Waals surface area contributed by atoms with E-state index in [1.54, 1.807) is 16.7 Å². The molecule has 2 heterocycles.